The fourth-order valence-corrected chi connectivity index (χ4v) is 4.28. The number of nitro groups is 1. The van der Waals surface area contributed by atoms with Crippen molar-refractivity contribution in [1.29, 1.82) is 0 Å². The van der Waals surface area contributed by atoms with Crippen molar-refractivity contribution in [1.82, 2.24) is 15.3 Å². The van der Waals surface area contributed by atoms with Gasteiger partial charge in [0.25, 0.3) is 0 Å². The van der Waals surface area contributed by atoms with Gasteiger partial charge < -0.3 is 31.2 Å². The van der Waals surface area contributed by atoms with Crippen LogP contribution in [0.15, 0.2) is 65.8 Å². The Morgan fingerprint density at radius 1 is 1.09 bits per heavy atom. The molecule has 0 saturated heterocycles. The maximum Gasteiger partial charge on any atom is 0.469 e. The molecule has 0 aliphatic heterocycles. The third-order valence-electron chi connectivity index (χ3n) is 6.21. The molecule has 0 aliphatic rings. The molecule has 2 aromatic carbocycles. The number of carbonyl (C=O) groups excluding carboxylic acids is 3. The highest BCUT2D eigenvalue weighted by atomic mass is 16.7. The van der Waals surface area contributed by atoms with Crippen LogP contribution >= 0.6 is 0 Å². The normalized spacial score (nSPS) is 12.5. The van der Waals surface area contributed by atoms with E-state index in [1.807, 2.05) is 30.3 Å². The molecule has 6 N–H and O–H groups in total. The number of ether oxygens (including phenoxy) is 2. The predicted molar refractivity (Wildman–Crippen MR) is 159 cm³/mol. The number of hydrogen-bond acceptors (Lipinski definition) is 8. The number of nitrogens with zero attached hydrogens (tertiary/aromatic N) is 3. The van der Waals surface area contributed by atoms with Crippen molar-refractivity contribution in [3.63, 3.8) is 0 Å². The number of hydrazine groups is 1. The lowest BCUT2D eigenvalue weighted by Crippen LogP contribution is -2.56. The zero-order valence-electron chi connectivity index (χ0n) is 24.3. The zero-order chi connectivity index (χ0) is 31.6. The van der Waals surface area contributed by atoms with Crippen molar-refractivity contribution in [3.05, 3.63) is 82.0 Å². The van der Waals surface area contributed by atoms with Crippen molar-refractivity contribution in [2.24, 2.45) is 16.5 Å². The van der Waals surface area contributed by atoms with Gasteiger partial charge in [0.15, 0.2) is 17.0 Å². The molecule has 0 fully saturated rings. The summed E-state index contributed by atoms with van der Waals surface area (Å²) in [5, 5.41) is 14.6. The predicted octanol–water partition coefficient (Wildman–Crippen LogP) is 2.79. The van der Waals surface area contributed by atoms with Crippen LogP contribution in [0.2, 0.25) is 0 Å². The van der Waals surface area contributed by atoms with Crippen LogP contribution in [0, 0.1) is 10.1 Å². The number of aromatic amines is 1. The molecule has 43 heavy (non-hydrogen) atoms. The summed E-state index contributed by atoms with van der Waals surface area (Å²) in [4.78, 5) is 59.0. The number of nitrogens with two attached hydrogens (primary N) is 2. The lowest BCUT2D eigenvalue weighted by molar-refractivity contribution is -0.641. The number of benzene rings is 2. The van der Waals surface area contributed by atoms with Gasteiger partial charge in [-0.1, -0.05) is 48.5 Å². The number of fused-ring (bicyclic) bond motifs is 1. The summed E-state index contributed by atoms with van der Waals surface area (Å²) in [6.45, 7) is 4.61. The molecule has 0 spiro atoms. The minimum Gasteiger partial charge on any atom is -0.459 e. The Morgan fingerprint density at radius 2 is 1.77 bits per heavy atom. The molecule has 230 valence electrons. The third kappa shape index (κ3) is 9.73. The molecule has 0 saturated carbocycles. The van der Waals surface area contributed by atoms with Crippen molar-refractivity contribution >= 4 is 34.8 Å². The number of hydrogen-bond donors (Lipinski definition) is 4. The summed E-state index contributed by atoms with van der Waals surface area (Å²) in [5.74, 6) is -1.90. The number of aliphatic imine (C=N–C) groups is 1. The van der Waals surface area contributed by atoms with Crippen LogP contribution in [0.25, 0.3) is 10.9 Å². The second kappa shape index (κ2) is 14.7. The van der Waals surface area contributed by atoms with Crippen LogP contribution in [0.1, 0.15) is 44.7 Å². The highest BCUT2D eigenvalue weighted by molar-refractivity contribution is 5.90. The van der Waals surface area contributed by atoms with E-state index in [0.29, 0.717) is 5.56 Å². The van der Waals surface area contributed by atoms with Gasteiger partial charge in [-0.2, -0.15) is 0 Å². The second-order valence-corrected chi connectivity index (χ2v) is 10.7. The van der Waals surface area contributed by atoms with E-state index in [0.717, 1.165) is 16.5 Å². The van der Waals surface area contributed by atoms with Crippen LogP contribution < -0.4 is 16.8 Å². The highest BCUT2D eigenvalue weighted by Gasteiger charge is 2.42. The molecule has 0 radical (unpaired) electrons. The molecule has 1 aromatic heterocycles. The molecule has 3 aromatic rings. The number of nitrogens with one attached hydrogen (secondary N) is 2. The molecule has 2 amide bonds. The Morgan fingerprint density at radius 3 is 2.42 bits per heavy atom. The number of aromatic nitrogens is 1. The Balaban J connectivity index is 1.91. The topological polar surface area (TPSA) is 208 Å². The van der Waals surface area contributed by atoms with Crippen LogP contribution in [0.3, 0.4) is 0 Å². The molecule has 2 atom stereocenters. The van der Waals surface area contributed by atoms with Crippen molar-refractivity contribution in [2.75, 3.05) is 6.54 Å². The first-order valence-corrected chi connectivity index (χ1v) is 13.6. The number of para-hydroxylation sites is 1. The average molecular weight is 596 g/mol. The molecule has 0 aliphatic carbocycles. The van der Waals surface area contributed by atoms with Gasteiger partial charge in [0.05, 0.1) is 0 Å². The van der Waals surface area contributed by atoms with E-state index in [4.69, 9.17) is 20.9 Å². The Kier molecular flexibility index (Phi) is 11.0. The van der Waals surface area contributed by atoms with Gasteiger partial charge in [-0.25, -0.2) is 19.7 Å². The molecule has 1 heterocycles. The first kappa shape index (κ1) is 32.4. The molecular weight excluding hydrogens is 558 g/mol. The van der Waals surface area contributed by atoms with E-state index in [9.17, 15) is 24.5 Å². The average Bonchev–Trinajstić information content (AvgIpc) is 3.34. The van der Waals surface area contributed by atoms with Crippen molar-refractivity contribution < 1.29 is 28.9 Å². The monoisotopic (exact) mass is 595 g/mol. The van der Waals surface area contributed by atoms with Gasteiger partial charge in [-0.3, -0.25) is 9.79 Å². The smallest absolute Gasteiger partial charge is 0.459 e. The number of esters is 1. The van der Waals surface area contributed by atoms with Gasteiger partial charge in [0, 0.05) is 30.1 Å². The SMILES string of the molecule is CC(C)(C)OC(=O)N([C@@H](CCCN=C(N)N)C(=O)N[C@@H](Cc1c[nH]c2ccccc12)C(=O)OCc1ccccc1)[N+](=O)[O-]. The fourth-order valence-electron chi connectivity index (χ4n) is 4.28. The molecule has 3 rings (SSSR count). The quantitative estimate of drug-likeness (QED) is 0.0571. The first-order valence-electron chi connectivity index (χ1n) is 13.6. The lowest BCUT2D eigenvalue weighted by atomic mass is 10.0. The second-order valence-electron chi connectivity index (χ2n) is 10.7. The van der Waals surface area contributed by atoms with Gasteiger partial charge in [-0.15, -0.1) is 0 Å². The Bertz CT molecular complexity index is 1450. The molecule has 0 bridgehead atoms. The molecule has 0 unspecified atom stereocenters. The first-order chi connectivity index (χ1) is 20.4. The van der Waals surface area contributed by atoms with Crippen LogP contribution in [-0.4, -0.2) is 63.2 Å². The summed E-state index contributed by atoms with van der Waals surface area (Å²) >= 11 is 0. The standard InChI is InChI=1S/C29H37N7O7/c1-29(2,3)43-28(39)35(36(40)41)24(14-9-15-32-27(30)31)25(37)34-23(26(38)42-18-19-10-5-4-6-11-19)16-20-17-33-22-13-8-7-12-21(20)22/h4-8,10-13,17,23-24,33H,9,14-16,18H2,1-3H3,(H,34,37)(H4,30,31,32)/t23-,24-/m0/s1. The summed E-state index contributed by atoms with van der Waals surface area (Å²) in [6.07, 6.45) is 0.287. The minimum atomic E-state index is -1.66. The lowest BCUT2D eigenvalue weighted by Gasteiger charge is -2.27. The van der Waals surface area contributed by atoms with E-state index in [2.05, 4.69) is 15.3 Å². The van der Waals surface area contributed by atoms with Gasteiger partial charge >= 0.3 is 12.1 Å². The number of H-pyrrole nitrogens is 1. The van der Waals surface area contributed by atoms with Crippen molar-refractivity contribution in [2.45, 2.75) is 64.3 Å². The van der Waals surface area contributed by atoms with E-state index >= 15 is 0 Å². The van der Waals surface area contributed by atoms with E-state index in [1.165, 1.54) is 20.8 Å². The number of rotatable bonds is 13. The number of carbonyl (C=O) groups is 3. The summed E-state index contributed by atoms with van der Waals surface area (Å²) in [6, 6.07) is 13.5. The summed E-state index contributed by atoms with van der Waals surface area (Å²) in [5.41, 5.74) is 11.9. The minimum absolute atomic E-state index is 0.00893. The van der Waals surface area contributed by atoms with Crippen LogP contribution in [-0.2, 0) is 32.1 Å². The molecule has 14 heteroatoms. The van der Waals surface area contributed by atoms with Gasteiger partial charge in [-0.05, 0) is 55.8 Å². The van der Waals surface area contributed by atoms with E-state index < -0.39 is 40.7 Å². The van der Waals surface area contributed by atoms with E-state index in [-0.39, 0.29) is 43.4 Å². The largest absolute Gasteiger partial charge is 0.469 e. The van der Waals surface area contributed by atoms with Gasteiger partial charge in [0.2, 0.25) is 5.91 Å². The molecule has 14 nitrogen and oxygen atoms in total. The summed E-state index contributed by atoms with van der Waals surface area (Å²) in [7, 11) is 0. The van der Waals surface area contributed by atoms with Crippen molar-refractivity contribution in [3.8, 4) is 0 Å². The highest BCUT2D eigenvalue weighted by Crippen LogP contribution is 2.21. The third-order valence-corrected chi connectivity index (χ3v) is 6.21. The Hall–Kier alpha value is -5.14. The van der Waals surface area contributed by atoms with Crippen LogP contribution in [0.5, 0.6) is 0 Å². The maximum atomic E-state index is 13.7. The van der Waals surface area contributed by atoms with Gasteiger partial charge in [0.1, 0.15) is 18.2 Å². The maximum absolute atomic E-state index is 13.7. The van der Waals surface area contributed by atoms with E-state index in [1.54, 1.807) is 30.5 Å². The molecular formula is C29H37N7O7. The van der Waals surface area contributed by atoms with Crippen LogP contribution in [0.4, 0.5) is 4.79 Å². The zero-order valence-corrected chi connectivity index (χ0v) is 24.3. The fraction of sp³-hybridized carbons (Fsp3) is 0.379. The summed E-state index contributed by atoms with van der Waals surface area (Å²) < 4.78 is 10.7. The number of guanidine groups is 1. The number of amides is 2. The Labute approximate surface area is 248 Å².